The van der Waals surface area contributed by atoms with Gasteiger partial charge in [0, 0.05) is 12.6 Å². The summed E-state index contributed by atoms with van der Waals surface area (Å²) in [5.41, 5.74) is -3.90. The predicted octanol–water partition coefficient (Wildman–Crippen LogP) is 4.54. The zero-order valence-corrected chi connectivity index (χ0v) is 18.9. The summed E-state index contributed by atoms with van der Waals surface area (Å²) >= 11 is 5.86. The van der Waals surface area contributed by atoms with Crippen LogP contribution in [0.4, 0.5) is 48.7 Å². The molecule has 0 saturated carbocycles. The van der Waals surface area contributed by atoms with Crippen molar-refractivity contribution >= 4 is 46.6 Å². The Labute approximate surface area is 203 Å². The number of ether oxygens (including phenoxy) is 1. The minimum absolute atomic E-state index is 0.00319. The van der Waals surface area contributed by atoms with Crippen molar-refractivity contribution in [2.45, 2.75) is 24.9 Å². The molecule has 1 fully saturated rings. The molecule has 16 heteroatoms. The molecule has 2 aliphatic heterocycles. The van der Waals surface area contributed by atoms with E-state index in [0.29, 0.717) is 0 Å². The highest BCUT2D eigenvalue weighted by Gasteiger charge is 2.60. The molecule has 2 aliphatic rings. The summed E-state index contributed by atoms with van der Waals surface area (Å²) in [4.78, 5) is 34.4. The number of pyridine rings is 1. The van der Waals surface area contributed by atoms with Gasteiger partial charge in [-0.05, 0) is 13.0 Å². The molecule has 1 saturated heterocycles. The lowest BCUT2D eigenvalue weighted by Crippen LogP contribution is -2.46. The van der Waals surface area contributed by atoms with E-state index >= 15 is 0 Å². The van der Waals surface area contributed by atoms with Gasteiger partial charge in [0.25, 0.3) is 6.43 Å². The van der Waals surface area contributed by atoms with Crippen molar-refractivity contribution in [3.63, 3.8) is 0 Å². The van der Waals surface area contributed by atoms with Crippen molar-refractivity contribution in [2.24, 2.45) is 0 Å². The van der Waals surface area contributed by atoms with E-state index < -0.39 is 42.2 Å². The van der Waals surface area contributed by atoms with Gasteiger partial charge in [-0.3, -0.25) is 9.80 Å². The molecule has 3 aromatic heterocycles. The molecule has 0 aliphatic carbocycles. The zero-order chi connectivity index (χ0) is 26.0. The van der Waals surface area contributed by atoms with E-state index in [2.05, 4.69) is 20.4 Å². The van der Waals surface area contributed by atoms with Crippen LogP contribution in [0, 0.1) is 0 Å². The Bertz CT molecular complexity index is 1400. The topological polar surface area (TPSA) is 105 Å². The summed E-state index contributed by atoms with van der Waals surface area (Å²) in [6, 6.07) is 1.13. The average Bonchev–Trinajstić information content (AvgIpc) is 3.48. The molecular weight excluding hydrogens is 517 g/mol. The fraction of sp³-hybridized carbons (Fsp3) is 0.350. The highest BCUT2D eigenvalue weighted by atomic mass is 35.5. The molecule has 10 nitrogen and oxygen atoms in total. The molecule has 0 radical (unpaired) electrons. The maximum absolute atomic E-state index is 14.2. The van der Waals surface area contributed by atoms with Gasteiger partial charge in [0.2, 0.25) is 0 Å². The monoisotopic (exact) mass is 531 g/mol. The largest absolute Gasteiger partial charge is 0.447 e. The van der Waals surface area contributed by atoms with Crippen LogP contribution in [0.25, 0.3) is 5.65 Å². The number of nitrogens with zero attached hydrogens (tertiary/aromatic N) is 6. The van der Waals surface area contributed by atoms with Crippen molar-refractivity contribution in [2.75, 3.05) is 34.8 Å². The number of halogens is 6. The maximum Gasteiger partial charge on any atom is 0.415 e. The third-order valence-electron chi connectivity index (χ3n) is 5.99. The number of aromatic nitrogens is 4. The number of alkyl halides is 5. The number of urea groups is 1. The highest BCUT2D eigenvalue weighted by Crippen LogP contribution is 2.50. The van der Waals surface area contributed by atoms with Crippen LogP contribution in [0.3, 0.4) is 0 Å². The molecular formula is C20H15ClF5N7O3. The Hall–Kier alpha value is -3.75. The van der Waals surface area contributed by atoms with E-state index in [1.54, 1.807) is 0 Å². The second kappa shape index (κ2) is 8.15. The minimum atomic E-state index is -4.79. The quantitative estimate of drug-likeness (QED) is 0.497. The minimum Gasteiger partial charge on any atom is -0.447 e. The first kappa shape index (κ1) is 24.0. The molecule has 5 heterocycles. The van der Waals surface area contributed by atoms with Crippen molar-refractivity contribution < 1.29 is 36.3 Å². The predicted molar refractivity (Wildman–Crippen MR) is 116 cm³/mol. The molecule has 0 aromatic carbocycles. The third-order valence-corrected chi connectivity index (χ3v) is 6.18. The van der Waals surface area contributed by atoms with E-state index in [1.807, 2.05) is 0 Å². The number of carbonyl (C=O) groups is 2. The summed E-state index contributed by atoms with van der Waals surface area (Å²) in [6.07, 6.45) is -6.61. The highest BCUT2D eigenvalue weighted by molar-refractivity contribution is 6.29. The SMILES string of the molecule is C[C@@]1(C(F)(F)F)CN(C(=O)Nc2cnc(N3CCOC3=O)c(C(F)F)c2)c2cnc3cc(Cl)nn3c21. The van der Waals surface area contributed by atoms with Crippen LogP contribution in [0.5, 0.6) is 0 Å². The standard InChI is InChI=1S/C20H15ClF5N7O3/c1-19(20(24,25)26)8-32(11-7-27-13-5-12(21)30-33(13)14(11)19)17(34)29-9-4-10(15(22)23)16(28-6-9)31-2-3-36-18(31)35/h4-7,15H,2-3,8H2,1H3,(H,29,34)/t19-/m1/s1. The number of cyclic esters (lactones) is 1. The molecule has 3 amide bonds. The molecule has 0 spiro atoms. The normalized spacial score (nSPS) is 19.8. The van der Waals surface area contributed by atoms with Crippen LogP contribution in [0.2, 0.25) is 5.15 Å². The lowest BCUT2D eigenvalue weighted by molar-refractivity contribution is -0.181. The first-order valence-electron chi connectivity index (χ1n) is 10.3. The van der Waals surface area contributed by atoms with Crippen molar-refractivity contribution in [1.82, 2.24) is 19.6 Å². The molecule has 1 atom stereocenters. The van der Waals surface area contributed by atoms with E-state index in [-0.39, 0.29) is 46.8 Å². The number of anilines is 3. The van der Waals surface area contributed by atoms with Crippen LogP contribution in [0.1, 0.15) is 24.6 Å². The second-order valence-electron chi connectivity index (χ2n) is 8.28. The molecule has 36 heavy (non-hydrogen) atoms. The Kier molecular flexibility index (Phi) is 5.42. The van der Waals surface area contributed by atoms with Gasteiger partial charge in [0.15, 0.2) is 10.8 Å². The number of rotatable bonds is 3. The van der Waals surface area contributed by atoms with E-state index in [4.69, 9.17) is 16.3 Å². The Morgan fingerprint density at radius 1 is 1.25 bits per heavy atom. The molecule has 5 rings (SSSR count). The fourth-order valence-electron chi connectivity index (χ4n) is 4.20. The Morgan fingerprint density at radius 3 is 2.64 bits per heavy atom. The van der Waals surface area contributed by atoms with Crippen LogP contribution in [0.15, 0.2) is 24.5 Å². The van der Waals surface area contributed by atoms with E-state index in [0.717, 1.165) is 39.7 Å². The smallest absolute Gasteiger partial charge is 0.415 e. The van der Waals surface area contributed by atoms with E-state index in [1.165, 1.54) is 6.07 Å². The number of amides is 3. The van der Waals surface area contributed by atoms with Crippen LogP contribution in [-0.4, -0.2) is 57.6 Å². The Morgan fingerprint density at radius 2 is 2.00 bits per heavy atom. The van der Waals surface area contributed by atoms with Gasteiger partial charge >= 0.3 is 18.3 Å². The van der Waals surface area contributed by atoms with Gasteiger partial charge in [0.1, 0.15) is 17.8 Å². The van der Waals surface area contributed by atoms with Gasteiger partial charge in [0.05, 0.1) is 41.6 Å². The van der Waals surface area contributed by atoms with Gasteiger partial charge in [-0.2, -0.15) is 18.3 Å². The molecule has 3 aromatic rings. The molecule has 1 N–H and O–H groups in total. The van der Waals surface area contributed by atoms with Crippen molar-refractivity contribution in [1.29, 1.82) is 0 Å². The van der Waals surface area contributed by atoms with Crippen LogP contribution >= 0.6 is 11.6 Å². The molecule has 0 unspecified atom stereocenters. The second-order valence-corrected chi connectivity index (χ2v) is 8.67. The fourth-order valence-corrected chi connectivity index (χ4v) is 4.37. The summed E-state index contributed by atoms with van der Waals surface area (Å²) in [7, 11) is 0. The van der Waals surface area contributed by atoms with Gasteiger partial charge in [-0.1, -0.05) is 11.6 Å². The average molecular weight is 532 g/mol. The van der Waals surface area contributed by atoms with E-state index in [9.17, 15) is 31.5 Å². The number of fused-ring (bicyclic) bond motifs is 3. The number of nitrogens with one attached hydrogen (secondary N) is 1. The third kappa shape index (κ3) is 3.65. The van der Waals surface area contributed by atoms with Gasteiger partial charge in [-0.25, -0.2) is 32.9 Å². The summed E-state index contributed by atoms with van der Waals surface area (Å²) in [6.45, 7) is 0.0881. The summed E-state index contributed by atoms with van der Waals surface area (Å²) < 4.78 is 75.7. The molecule has 190 valence electrons. The number of carbonyl (C=O) groups excluding carboxylic acids is 2. The van der Waals surface area contributed by atoms with Crippen LogP contribution in [-0.2, 0) is 10.2 Å². The lowest BCUT2D eigenvalue weighted by Gasteiger charge is -2.28. The van der Waals surface area contributed by atoms with Gasteiger partial charge < -0.3 is 10.1 Å². The van der Waals surface area contributed by atoms with Crippen LogP contribution < -0.4 is 15.1 Å². The number of hydrogen-bond donors (Lipinski definition) is 1. The lowest BCUT2D eigenvalue weighted by atomic mass is 9.88. The van der Waals surface area contributed by atoms with Gasteiger partial charge in [-0.15, -0.1) is 0 Å². The Balaban J connectivity index is 1.51. The maximum atomic E-state index is 14.2. The first-order valence-corrected chi connectivity index (χ1v) is 10.7. The van der Waals surface area contributed by atoms with Crippen molar-refractivity contribution in [3.8, 4) is 0 Å². The summed E-state index contributed by atoms with van der Waals surface area (Å²) in [5, 5.41) is 6.09. The summed E-state index contributed by atoms with van der Waals surface area (Å²) in [5.74, 6) is -0.344. The first-order chi connectivity index (χ1) is 16.9. The zero-order valence-electron chi connectivity index (χ0n) is 18.2. The molecule has 0 bridgehead atoms. The van der Waals surface area contributed by atoms with Crippen molar-refractivity contribution in [3.05, 3.63) is 40.9 Å². The number of hydrogen-bond acceptors (Lipinski definition) is 6.